The van der Waals surface area contributed by atoms with Crippen LogP contribution in [0.1, 0.15) is 0 Å². The average Bonchev–Trinajstić information content (AvgIpc) is 3.56. The number of benzene rings is 9. The quantitative estimate of drug-likeness (QED) is 0.134. The zero-order valence-corrected chi connectivity index (χ0v) is 28.9. The van der Waals surface area contributed by atoms with Crippen LogP contribution in [0.2, 0.25) is 0 Å². The van der Waals surface area contributed by atoms with Gasteiger partial charge in [0, 0.05) is 44.4 Å². The summed E-state index contributed by atoms with van der Waals surface area (Å²) in [6.07, 6.45) is 0. The van der Waals surface area contributed by atoms with Gasteiger partial charge in [-0.1, -0.05) is 127 Å². The van der Waals surface area contributed by atoms with Crippen molar-refractivity contribution in [2.45, 2.75) is 0 Å². The van der Waals surface area contributed by atoms with E-state index in [1.165, 1.54) is 105 Å². The van der Waals surface area contributed by atoms with Crippen molar-refractivity contribution in [1.82, 2.24) is 4.48 Å². The molecule has 2 aliphatic rings. The fourth-order valence-electron chi connectivity index (χ4n) is 9.43. The number of para-hydroxylation sites is 1. The second-order valence-corrected chi connectivity index (χ2v) is 14.5. The van der Waals surface area contributed by atoms with Gasteiger partial charge in [0.1, 0.15) is 0 Å². The van der Waals surface area contributed by atoms with Crippen LogP contribution in [-0.2, 0) is 0 Å². The second-order valence-electron chi connectivity index (χ2n) is 14.5. The van der Waals surface area contributed by atoms with Crippen LogP contribution in [0.4, 0.5) is 17.1 Å². The van der Waals surface area contributed by atoms with Crippen molar-refractivity contribution in [2.24, 2.45) is 0 Å². The molecular formula is C50H31BN2. The average molecular weight is 671 g/mol. The van der Waals surface area contributed by atoms with E-state index in [1.54, 1.807) is 0 Å². The molecule has 0 saturated carbocycles. The summed E-state index contributed by atoms with van der Waals surface area (Å²) < 4.78 is 2.69. The van der Waals surface area contributed by atoms with Crippen LogP contribution in [0, 0.1) is 0 Å². The highest BCUT2D eigenvalue weighted by Gasteiger charge is 2.43. The SMILES string of the molecule is c1ccc(-c2ccc3c(c2)c2cc(-c4ccccc4)cc4c2n3B2c3c-4cccc3N(c3ccccc3)c3ccc4cc5ccccc5cc4c32)cc1. The van der Waals surface area contributed by atoms with E-state index in [0.717, 1.165) is 0 Å². The van der Waals surface area contributed by atoms with Gasteiger partial charge in [-0.05, 0) is 121 Å². The Bertz CT molecular complexity index is 3110. The zero-order valence-electron chi connectivity index (χ0n) is 28.9. The monoisotopic (exact) mass is 670 g/mol. The third-order valence-electron chi connectivity index (χ3n) is 11.7. The van der Waals surface area contributed by atoms with Gasteiger partial charge >= 0.3 is 6.85 Å². The van der Waals surface area contributed by atoms with Crippen molar-refractivity contribution in [1.29, 1.82) is 0 Å². The lowest BCUT2D eigenvalue weighted by Gasteiger charge is -2.41. The first-order valence-electron chi connectivity index (χ1n) is 18.5. The Hall–Kier alpha value is -6.84. The number of hydrogen-bond donors (Lipinski definition) is 0. The third kappa shape index (κ3) is 4.05. The van der Waals surface area contributed by atoms with Gasteiger partial charge in [-0.3, -0.25) is 0 Å². The van der Waals surface area contributed by atoms with Gasteiger partial charge in [-0.15, -0.1) is 0 Å². The summed E-state index contributed by atoms with van der Waals surface area (Å²) in [4.78, 5) is 2.50. The Morgan fingerprint density at radius 1 is 0.358 bits per heavy atom. The zero-order chi connectivity index (χ0) is 34.6. The van der Waals surface area contributed by atoms with Gasteiger partial charge in [0.15, 0.2) is 0 Å². The first-order valence-corrected chi connectivity index (χ1v) is 18.5. The lowest BCUT2D eigenvalue weighted by molar-refractivity contribution is 1.26. The summed E-state index contributed by atoms with van der Waals surface area (Å²) in [5, 5.41) is 7.67. The number of nitrogens with zero attached hydrogens (tertiary/aromatic N) is 2. The van der Waals surface area contributed by atoms with Gasteiger partial charge in [0.25, 0.3) is 0 Å². The molecule has 0 fully saturated rings. The molecule has 0 unspecified atom stereocenters. The van der Waals surface area contributed by atoms with Crippen LogP contribution in [0.15, 0.2) is 188 Å². The Morgan fingerprint density at radius 2 is 1.02 bits per heavy atom. The first-order chi connectivity index (χ1) is 26.3. The molecule has 0 amide bonds. The van der Waals surface area contributed by atoms with E-state index in [4.69, 9.17) is 0 Å². The molecule has 12 rings (SSSR count). The van der Waals surface area contributed by atoms with E-state index in [0.29, 0.717) is 0 Å². The van der Waals surface area contributed by atoms with Crippen molar-refractivity contribution in [3.05, 3.63) is 188 Å². The molecule has 1 aromatic heterocycles. The van der Waals surface area contributed by atoms with E-state index in [9.17, 15) is 0 Å². The highest BCUT2D eigenvalue weighted by atomic mass is 15.2. The molecule has 9 aromatic carbocycles. The van der Waals surface area contributed by atoms with Crippen molar-refractivity contribution < 1.29 is 0 Å². The Morgan fingerprint density at radius 3 is 1.79 bits per heavy atom. The van der Waals surface area contributed by atoms with Crippen LogP contribution in [0.5, 0.6) is 0 Å². The normalized spacial score (nSPS) is 12.8. The fraction of sp³-hybridized carbons (Fsp3) is 0. The summed E-state index contributed by atoms with van der Waals surface area (Å²) >= 11 is 0. The molecule has 0 saturated heterocycles. The molecule has 3 heteroatoms. The van der Waals surface area contributed by atoms with E-state index in [2.05, 4.69) is 197 Å². The number of aromatic nitrogens is 1. The number of fused-ring (bicyclic) bond motifs is 10. The van der Waals surface area contributed by atoms with E-state index >= 15 is 0 Å². The molecule has 2 aliphatic heterocycles. The second kappa shape index (κ2) is 10.8. The molecule has 0 spiro atoms. The molecule has 244 valence electrons. The predicted octanol–water partition coefficient (Wildman–Crippen LogP) is 11.9. The summed E-state index contributed by atoms with van der Waals surface area (Å²) in [6, 6.07) is 69.8. The first kappa shape index (κ1) is 28.8. The standard InChI is InChI=1S/C50H31BN2/c1-4-13-32(14-5-1)36-23-25-45-42(29-36)44-31-38(33-15-6-2-7-16-33)30-43-40-21-12-22-46-48(40)51(53(45)50(43)44)49-41-28-35-18-11-10-17-34(35)27-37(41)24-26-47(49)52(46)39-19-8-3-9-20-39/h1-31H. The van der Waals surface area contributed by atoms with Crippen LogP contribution >= 0.6 is 0 Å². The van der Waals surface area contributed by atoms with Gasteiger partial charge in [0.2, 0.25) is 0 Å². The Labute approximate surface area is 307 Å². The smallest absolute Gasteiger partial charge is 0.333 e. The largest absolute Gasteiger partial charge is 0.375 e. The van der Waals surface area contributed by atoms with Crippen molar-refractivity contribution in [3.8, 4) is 33.4 Å². The van der Waals surface area contributed by atoms with Gasteiger partial charge in [-0.25, -0.2) is 0 Å². The lowest BCUT2D eigenvalue weighted by atomic mass is 9.44. The summed E-state index contributed by atoms with van der Waals surface area (Å²) in [5.74, 6) is 0. The number of hydrogen-bond acceptors (Lipinski definition) is 1. The van der Waals surface area contributed by atoms with Crippen molar-refractivity contribution in [2.75, 3.05) is 4.90 Å². The van der Waals surface area contributed by atoms with E-state index in [1.807, 2.05) is 0 Å². The summed E-state index contributed by atoms with van der Waals surface area (Å²) in [6.45, 7) is -0.0290. The topological polar surface area (TPSA) is 8.17 Å². The minimum atomic E-state index is -0.0290. The molecule has 0 atom stereocenters. The maximum Gasteiger partial charge on any atom is 0.333 e. The highest BCUT2D eigenvalue weighted by molar-refractivity contribution is 6.91. The Balaban J connectivity index is 1.26. The molecule has 0 radical (unpaired) electrons. The molecule has 0 N–H and O–H groups in total. The molecular weight excluding hydrogens is 639 g/mol. The van der Waals surface area contributed by atoms with Crippen LogP contribution < -0.4 is 15.8 Å². The van der Waals surface area contributed by atoms with Crippen LogP contribution in [0.25, 0.3) is 76.7 Å². The molecule has 53 heavy (non-hydrogen) atoms. The summed E-state index contributed by atoms with van der Waals surface area (Å²) in [5.41, 5.74) is 16.4. The third-order valence-corrected chi connectivity index (χ3v) is 11.7. The maximum atomic E-state index is 2.69. The van der Waals surface area contributed by atoms with E-state index in [-0.39, 0.29) is 6.85 Å². The predicted molar refractivity (Wildman–Crippen MR) is 226 cm³/mol. The van der Waals surface area contributed by atoms with Crippen LogP contribution in [-0.4, -0.2) is 11.3 Å². The minimum Gasteiger partial charge on any atom is -0.375 e. The van der Waals surface area contributed by atoms with Gasteiger partial charge in [0.05, 0.1) is 0 Å². The van der Waals surface area contributed by atoms with E-state index < -0.39 is 0 Å². The lowest BCUT2D eigenvalue weighted by Crippen LogP contribution is -2.56. The highest BCUT2D eigenvalue weighted by Crippen LogP contribution is 2.47. The van der Waals surface area contributed by atoms with Crippen LogP contribution in [0.3, 0.4) is 0 Å². The number of anilines is 3. The molecule has 0 aliphatic carbocycles. The maximum absolute atomic E-state index is 2.69. The minimum absolute atomic E-state index is 0.0290. The molecule has 2 nitrogen and oxygen atoms in total. The van der Waals surface area contributed by atoms with Gasteiger partial charge < -0.3 is 9.38 Å². The molecule has 0 bridgehead atoms. The Kier molecular flexibility index (Phi) is 5.89. The number of rotatable bonds is 3. The molecule has 10 aromatic rings. The summed E-state index contributed by atoms with van der Waals surface area (Å²) in [7, 11) is 0. The molecule has 3 heterocycles. The van der Waals surface area contributed by atoms with Crippen molar-refractivity contribution >= 4 is 78.2 Å². The van der Waals surface area contributed by atoms with Crippen molar-refractivity contribution in [3.63, 3.8) is 0 Å². The van der Waals surface area contributed by atoms with Gasteiger partial charge in [-0.2, -0.15) is 0 Å². The fourth-order valence-corrected chi connectivity index (χ4v) is 9.43.